The van der Waals surface area contributed by atoms with Crippen LogP contribution in [0.5, 0.6) is 0 Å². The van der Waals surface area contributed by atoms with Crippen LogP contribution in [0.2, 0.25) is 5.02 Å². The normalized spacial score (nSPS) is 29.3. The fraction of sp³-hybridized carbons (Fsp3) is 0.385. The Morgan fingerprint density at radius 1 is 0.933 bits per heavy atom. The van der Waals surface area contributed by atoms with E-state index >= 15 is 0 Å². The molecule has 0 radical (unpaired) electrons. The van der Waals surface area contributed by atoms with Gasteiger partial charge in [-0.15, -0.1) is 0 Å². The van der Waals surface area contributed by atoms with Gasteiger partial charge < -0.3 is 5.32 Å². The number of benzene rings is 2. The first kappa shape index (κ1) is 18.4. The van der Waals surface area contributed by atoms with Crippen molar-refractivity contribution in [2.24, 2.45) is 17.8 Å². The van der Waals surface area contributed by atoms with E-state index in [9.17, 15) is 4.79 Å². The zero-order chi connectivity index (χ0) is 20.3. The van der Waals surface area contributed by atoms with E-state index in [1.807, 2.05) is 54.6 Å². The van der Waals surface area contributed by atoms with Crippen molar-refractivity contribution in [2.45, 2.75) is 44.1 Å². The van der Waals surface area contributed by atoms with Crippen LogP contribution in [-0.2, 0) is 0 Å². The zero-order valence-electron chi connectivity index (χ0n) is 16.9. The van der Waals surface area contributed by atoms with Crippen molar-refractivity contribution in [1.29, 1.82) is 0 Å². The minimum Gasteiger partial charge on any atom is -0.347 e. The van der Waals surface area contributed by atoms with Gasteiger partial charge in [0.25, 0.3) is 5.91 Å². The number of nitrogens with one attached hydrogen (secondary N) is 1. The Morgan fingerprint density at radius 2 is 1.57 bits per heavy atom. The maximum absolute atomic E-state index is 13.6. The lowest BCUT2D eigenvalue weighted by Crippen LogP contribution is -2.59. The number of carbonyl (C=O) groups excluding carboxylic acids is 1. The summed E-state index contributed by atoms with van der Waals surface area (Å²) in [5.41, 5.74) is 3.34. The van der Waals surface area contributed by atoms with Gasteiger partial charge in [-0.25, -0.2) is 4.98 Å². The number of pyridine rings is 1. The first-order chi connectivity index (χ1) is 14.6. The molecule has 0 atom stereocenters. The molecule has 4 aliphatic carbocycles. The predicted octanol–water partition coefficient (Wildman–Crippen LogP) is 6.25. The highest BCUT2D eigenvalue weighted by atomic mass is 35.5. The number of rotatable bonds is 3. The average Bonchev–Trinajstić information content (AvgIpc) is 2.72. The molecule has 3 nitrogen and oxygen atoms in total. The Morgan fingerprint density at radius 3 is 2.23 bits per heavy atom. The molecule has 30 heavy (non-hydrogen) atoms. The molecule has 4 aliphatic rings. The molecule has 3 aromatic rings. The lowest BCUT2D eigenvalue weighted by Gasteiger charge is -2.56. The smallest absolute Gasteiger partial charge is 0.252 e. The number of nitrogens with zero attached hydrogens (tertiary/aromatic N) is 1. The topological polar surface area (TPSA) is 42.0 Å². The number of aromatic nitrogens is 1. The molecule has 1 aromatic heterocycles. The standard InChI is InChI=1S/C26H25ClN2O/c27-20-7-5-19(6-8-20)24-12-22(21-3-1-2-4-23(21)28-24)25(30)29-26-13-16-9-17(14-26)11-18(10-16)15-26/h1-8,12,16-18H,9-11,13-15H2,(H,29,30). The number of hydrogen-bond donors (Lipinski definition) is 1. The molecule has 4 bridgehead atoms. The van der Waals surface area contributed by atoms with Crippen LogP contribution in [-0.4, -0.2) is 16.4 Å². The largest absolute Gasteiger partial charge is 0.347 e. The van der Waals surface area contributed by atoms with Crippen LogP contribution in [0.3, 0.4) is 0 Å². The fourth-order valence-corrected chi connectivity index (χ4v) is 6.83. The van der Waals surface area contributed by atoms with Crippen LogP contribution in [0.4, 0.5) is 0 Å². The predicted molar refractivity (Wildman–Crippen MR) is 121 cm³/mol. The molecule has 4 heteroatoms. The van der Waals surface area contributed by atoms with Gasteiger partial charge in [0.1, 0.15) is 0 Å². The maximum atomic E-state index is 13.6. The van der Waals surface area contributed by atoms with Crippen molar-refractivity contribution in [2.75, 3.05) is 0 Å². The van der Waals surface area contributed by atoms with Crippen LogP contribution >= 0.6 is 11.6 Å². The number of carbonyl (C=O) groups is 1. The van der Waals surface area contributed by atoms with E-state index in [0.717, 1.165) is 64.7 Å². The molecule has 152 valence electrons. The highest BCUT2D eigenvalue weighted by molar-refractivity contribution is 6.30. The van der Waals surface area contributed by atoms with E-state index in [1.165, 1.54) is 19.3 Å². The van der Waals surface area contributed by atoms with Gasteiger partial charge in [-0.3, -0.25) is 4.79 Å². The van der Waals surface area contributed by atoms with Gasteiger partial charge in [-0.05, 0) is 80.5 Å². The van der Waals surface area contributed by atoms with E-state index in [-0.39, 0.29) is 11.4 Å². The summed E-state index contributed by atoms with van der Waals surface area (Å²) in [5.74, 6) is 2.45. The van der Waals surface area contributed by atoms with Crippen molar-refractivity contribution in [3.8, 4) is 11.3 Å². The average molecular weight is 417 g/mol. The number of amides is 1. The summed E-state index contributed by atoms with van der Waals surface area (Å²) >= 11 is 6.06. The van der Waals surface area contributed by atoms with Gasteiger partial charge in [-0.2, -0.15) is 0 Å². The molecule has 2 aromatic carbocycles. The Kier molecular flexibility index (Phi) is 4.18. The number of hydrogen-bond acceptors (Lipinski definition) is 2. The number of para-hydroxylation sites is 1. The van der Waals surface area contributed by atoms with E-state index in [4.69, 9.17) is 16.6 Å². The first-order valence-electron chi connectivity index (χ1n) is 11.1. The highest BCUT2D eigenvalue weighted by Crippen LogP contribution is 2.55. The van der Waals surface area contributed by atoms with Crippen molar-refractivity contribution >= 4 is 28.4 Å². The molecule has 1 amide bonds. The van der Waals surface area contributed by atoms with Crippen LogP contribution in [0.25, 0.3) is 22.2 Å². The van der Waals surface area contributed by atoms with Gasteiger partial charge >= 0.3 is 0 Å². The molecule has 7 rings (SSSR count). The minimum atomic E-state index is -0.00333. The lowest BCUT2D eigenvalue weighted by atomic mass is 9.53. The second-order valence-corrected chi connectivity index (χ2v) is 10.2. The van der Waals surface area contributed by atoms with Crippen molar-refractivity contribution < 1.29 is 4.79 Å². The van der Waals surface area contributed by atoms with Gasteiger partial charge in [0.15, 0.2) is 0 Å². The van der Waals surface area contributed by atoms with E-state index in [2.05, 4.69) is 5.32 Å². The minimum absolute atomic E-state index is 0.00333. The molecule has 0 spiro atoms. The van der Waals surface area contributed by atoms with E-state index in [0.29, 0.717) is 5.02 Å². The van der Waals surface area contributed by atoms with Crippen molar-refractivity contribution in [3.63, 3.8) is 0 Å². The molecule has 1 N–H and O–H groups in total. The molecule has 0 saturated heterocycles. The molecular formula is C26H25ClN2O. The maximum Gasteiger partial charge on any atom is 0.252 e. The molecular weight excluding hydrogens is 392 g/mol. The molecule has 1 heterocycles. The summed E-state index contributed by atoms with van der Waals surface area (Å²) in [4.78, 5) is 18.4. The Hall–Kier alpha value is -2.39. The van der Waals surface area contributed by atoms with Gasteiger partial charge in [0.05, 0.1) is 16.8 Å². The zero-order valence-corrected chi connectivity index (χ0v) is 17.7. The van der Waals surface area contributed by atoms with Crippen LogP contribution < -0.4 is 5.32 Å². The van der Waals surface area contributed by atoms with E-state index < -0.39 is 0 Å². The van der Waals surface area contributed by atoms with Crippen molar-refractivity contribution in [1.82, 2.24) is 10.3 Å². The summed E-state index contributed by atoms with van der Waals surface area (Å²) in [7, 11) is 0. The summed E-state index contributed by atoms with van der Waals surface area (Å²) in [6, 6.07) is 17.5. The Labute approximate surface area is 181 Å². The molecule has 4 fully saturated rings. The third-order valence-corrected chi connectivity index (χ3v) is 7.77. The van der Waals surface area contributed by atoms with Gasteiger partial charge in [0, 0.05) is 21.5 Å². The Balaban J connectivity index is 1.39. The summed E-state index contributed by atoms with van der Waals surface area (Å²) < 4.78 is 0. The quantitative estimate of drug-likeness (QED) is 0.548. The molecule has 0 unspecified atom stereocenters. The summed E-state index contributed by atoms with van der Waals surface area (Å²) in [6.45, 7) is 0. The van der Waals surface area contributed by atoms with Crippen LogP contribution in [0, 0.1) is 17.8 Å². The Bertz CT molecular complexity index is 1100. The van der Waals surface area contributed by atoms with Crippen LogP contribution in [0.1, 0.15) is 48.9 Å². The summed E-state index contributed by atoms with van der Waals surface area (Å²) in [6.07, 6.45) is 7.56. The number of halogens is 1. The number of fused-ring (bicyclic) bond motifs is 1. The van der Waals surface area contributed by atoms with Gasteiger partial charge in [-0.1, -0.05) is 41.9 Å². The molecule has 4 saturated carbocycles. The van der Waals surface area contributed by atoms with Crippen LogP contribution in [0.15, 0.2) is 54.6 Å². The van der Waals surface area contributed by atoms with Crippen molar-refractivity contribution in [3.05, 3.63) is 65.2 Å². The fourth-order valence-electron chi connectivity index (χ4n) is 6.70. The second-order valence-electron chi connectivity index (χ2n) is 9.73. The second kappa shape index (κ2) is 6.81. The summed E-state index contributed by atoms with van der Waals surface area (Å²) in [5, 5.41) is 5.14. The third-order valence-electron chi connectivity index (χ3n) is 7.52. The third kappa shape index (κ3) is 3.11. The monoisotopic (exact) mass is 416 g/mol. The van der Waals surface area contributed by atoms with Gasteiger partial charge in [0.2, 0.25) is 0 Å². The lowest BCUT2D eigenvalue weighted by molar-refractivity contribution is -0.0166. The van der Waals surface area contributed by atoms with E-state index in [1.54, 1.807) is 0 Å². The highest BCUT2D eigenvalue weighted by Gasteiger charge is 2.51. The SMILES string of the molecule is O=C(NC12CC3CC(CC(C3)C1)C2)c1cc(-c2ccc(Cl)cc2)nc2ccccc12. The molecule has 0 aliphatic heterocycles. The first-order valence-corrected chi connectivity index (χ1v) is 11.4.